The van der Waals surface area contributed by atoms with Gasteiger partial charge in [0.25, 0.3) is 0 Å². The van der Waals surface area contributed by atoms with E-state index in [-0.39, 0.29) is 0 Å². The lowest BCUT2D eigenvalue weighted by Gasteiger charge is -1.86. The Bertz CT molecular complexity index is 408. The molecule has 0 atom stereocenters. The average molecular weight is 175 g/mol. The molecule has 3 nitrogen and oxygen atoms in total. The van der Waals surface area contributed by atoms with Gasteiger partial charge in [0.05, 0.1) is 6.20 Å². The molecule has 2 rings (SSSR count). The van der Waals surface area contributed by atoms with Crippen molar-refractivity contribution in [3.8, 4) is 17.5 Å². The van der Waals surface area contributed by atoms with Crippen molar-refractivity contribution in [1.82, 2.24) is 9.97 Å². The first-order valence-electron chi connectivity index (χ1n) is 3.38. The molecule has 0 aliphatic carbocycles. The second-order valence-corrected chi connectivity index (χ2v) is 3.05. The quantitative estimate of drug-likeness (QED) is 0.720. The maximum absolute atomic E-state index is 8.53. The van der Waals surface area contributed by atoms with E-state index in [1.807, 2.05) is 22.9 Å². The molecule has 2 aromatic rings. The zero-order valence-electron chi connectivity index (χ0n) is 6.11. The summed E-state index contributed by atoms with van der Waals surface area (Å²) < 4.78 is 0. The maximum atomic E-state index is 8.53. The number of nitrogens with one attached hydrogen (secondary N) is 1. The first kappa shape index (κ1) is 7.07. The number of aromatic amines is 1. The summed E-state index contributed by atoms with van der Waals surface area (Å²) in [7, 11) is 0. The van der Waals surface area contributed by atoms with Crippen LogP contribution in [-0.4, -0.2) is 9.97 Å². The van der Waals surface area contributed by atoms with E-state index in [0.29, 0.717) is 5.69 Å². The summed E-state index contributed by atoms with van der Waals surface area (Å²) in [5.41, 5.74) is 1.53. The molecule has 2 aromatic heterocycles. The highest BCUT2D eigenvalue weighted by molar-refractivity contribution is 7.08. The summed E-state index contributed by atoms with van der Waals surface area (Å²) in [4.78, 5) is 6.96. The zero-order chi connectivity index (χ0) is 8.39. The normalized spacial score (nSPS) is 9.58. The molecule has 0 aromatic carbocycles. The lowest BCUT2D eigenvalue weighted by atomic mass is 10.3. The van der Waals surface area contributed by atoms with Crippen LogP contribution in [0.3, 0.4) is 0 Å². The molecular formula is C8H5N3S. The Kier molecular flexibility index (Phi) is 1.65. The van der Waals surface area contributed by atoms with E-state index in [4.69, 9.17) is 5.26 Å². The molecule has 0 unspecified atom stereocenters. The number of hydrogen-bond acceptors (Lipinski definition) is 3. The van der Waals surface area contributed by atoms with E-state index in [0.717, 1.165) is 11.4 Å². The van der Waals surface area contributed by atoms with Crippen molar-refractivity contribution in [2.24, 2.45) is 0 Å². The fourth-order valence-electron chi connectivity index (χ4n) is 0.924. The molecular weight excluding hydrogens is 170 g/mol. The molecule has 0 aliphatic heterocycles. The average Bonchev–Trinajstić information content (AvgIpc) is 2.75. The third-order valence-corrected chi connectivity index (χ3v) is 2.17. The van der Waals surface area contributed by atoms with Gasteiger partial charge in [0, 0.05) is 10.9 Å². The van der Waals surface area contributed by atoms with Crippen LogP contribution in [0.1, 0.15) is 5.69 Å². The minimum atomic E-state index is 0.496. The van der Waals surface area contributed by atoms with Crippen LogP contribution in [0.5, 0.6) is 0 Å². The zero-order valence-corrected chi connectivity index (χ0v) is 6.93. The van der Waals surface area contributed by atoms with Crippen molar-refractivity contribution in [3.63, 3.8) is 0 Å². The van der Waals surface area contributed by atoms with Crippen LogP contribution in [0.2, 0.25) is 0 Å². The van der Waals surface area contributed by atoms with Gasteiger partial charge in [0.15, 0.2) is 0 Å². The highest BCUT2D eigenvalue weighted by Crippen LogP contribution is 2.17. The van der Waals surface area contributed by atoms with Gasteiger partial charge in [-0.15, -0.1) is 0 Å². The topological polar surface area (TPSA) is 52.5 Å². The predicted molar refractivity (Wildman–Crippen MR) is 46.6 cm³/mol. The first-order valence-corrected chi connectivity index (χ1v) is 4.32. The van der Waals surface area contributed by atoms with Crippen LogP contribution in [0.15, 0.2) is 23.0 Å². The third kappa shape index (κ3) is 1.11. The fourth-order valence-corrected chi connectivity index (χ4v) is 1.56. The molecule has 58 valence electrons. The number of imidazole rings is 1. The van der Waals surface area contributed by atoms with Crippen molar-refractivity contribution >= 4 is 11.3 Å². The van der Waals surface area contributed by atoms with Gasteiger partial charge in [-0.2, -0.15) is 16.6 Å². The standard InChI is InChI=1S/C8H5N3S/c9-3-7-4-10-8(11-7)6-1-2-12-5-6/h1-2,4-5H,(H,10,11). The molecule has 0 radical (unpaired) electrons. The smallest absolute Gasteiger partial charge is 0.139 e. The molecule has 12 heavy (non-hydrogen) atoms. The van der Waals surface area contributed by atoms with E-state index in [9.17, 15) is 0 Å². The van der Waals surface area contributed by atoms with Crippen LogP contribution in [0, 0.1) is 11.3 Å². The number of thiophene rings is 1. The van der Waals surface area contributed by atoms with Crippen molar-refractivity contribution in [1.29, 1.82) is 5.26 Å². The van der Waals surface area contributed by atoms with Crippen LogP contribution >= 0.6 is 11.3 Å². The Labute approximate surface area is 73.3 Å². The second kappa shape index (κ2) is 2.80. The van der Waals surface area contributed by atoms with E-state index in [1.54, 1.807) is 11.3 Å². The number of hydrogen-bond donors (Lipinski definition) is 1. The lowest BCUT2D eigenvalue weighted by Crippen LogP contribution is -1.75. The van der Waals surface area contributed by atoms with Gasteiger partial charge in [0.2, 0.25) is 0 Å². The van der Waals surface area contributed by atoms with Gasteiger partial charge in [0.1, 0.15) is 17.6 Å². The highest BCUT2D eigenvalue weighted by atomic mass is 32.1. The molecule has 1 N–H and O–H groups in total. The number of aromatic nitrogens is 2. The van der Waals surface area contributed by atoms with Gasteiger partial charge in [-0.3, -0.25) is 0 Å². The van der Waals surface area contributed by atoms with Gasteiger partial charge in [-0.25, -0.2) is 4.98 Å². The van der Waals surface area contributed by atoms with Crippen molar-refractivity contribution in [2.45, 2.75) is 0 Å². The predicted octanol–water partition coefficient (Wildman–Crippen LogP) is 2.01. The summed E-state index contributed by atoms with van der Waals surface area (Å²) in [6, 6.07) is 3.96. The van der Waals surface area contributed by atoms with Gasteiger partial charge < -0.3 is 4.98 Å². The Hall–Kier alpha value is -1.60. The maximum Gasteiger partial charge on any atom is 0.139 e. The van der Waals surface area contributed by atoms with E-state index >= 15 is 0 Å². The molecule has 0 saturated heterocycles. The summed E-state index contributed by atoms with van der Waals surface area (Å²) in [6.07, 6.45) is 1.53. The highest BCUT2D eigenvalue weighted by Gasteiger charge is 2.01. The molecule has 0 spiro atoms. The van der Waals surface area contributed by atoms with Crippen LogP contribution < -0.4 is 0 Å². The molecule has 0 aliphatic rings. The Balaban J connectivity index is 2.44. The van der Waals surface area contributed by atoms with Crippen molar-refractivity contribution in [3.05, 3.63) is 28.7 Å². The van der Waals surface area contributed by atoms with E-state index < -0.39 is 0 Å². The molecule has 0 amide bonds. The lowest BCUT2D eigenvalue weighted by molar-refractivity contribution is 1.30. The van der Waals surface area contributed by atoms with Gasteiger partial charge in [-0.1, -0.05) is 0 Å². The third-order valence-electron chi connectivity index (χ3n) is 1.49. The second-order valence-electron chi connectivity index (χ2n) is 2.27. The Morgan fingerprint density at radius 3 is 3.08 bits per heavy atom. The molecule has 4 heteroatoms. The monoisotopic (exact) mass is 175 g/mol. The van der Waals surface area contributed by atoms with Crippen LogP contribution in [-0.2, 0) is 0 Å². The van der Waals surface area contributed by atoms with Gasteiger partial charge >= 0.3 is 0 Å². The summed E-state index contributed by atoms with van der Waals surface area (Å²) in [5, 5.41) is 12.5. The Morgan fingerprint density at radius 1 is 1.58 bits per heavy atom. The van der Waals surface area contributed by atoms with E-state index in [2.05, 4.69) is 9.97 Å². The summed E-state index contributed by atoms with van der Waals surface area (Å²) in [5.74, 6) is 0.757. The van der Waals surface area contributed by atoms with Crippen LogP contribution in [0.25, 0.3) is 11.4 Å². The molecule has 0 fully saturated rings. The first-order chi connectivity index (χ1) is 5.90. The van der Waals surface area contributed by atoms with Gasteiger partial charge in [-0.05, 0) is 11.4 Å². The van der Waals surface area contributed by atoms with Crippen molar-refractivity contribution in [2.75, 3.05) is 0 Å². The molecule has 0 saturated carbocycles. The van der Waals surface area contributed by atoms with Crippen molar-refractivity contribution < 1.29 is 0 Å². The number of H-pyrrole nitrogens is 1. The summed E-state index contributed by atoms with van der Waals surface area (Å²) >= 11 is 1.61. The number of rotatable bonds is 1. The number of nitrogens with zero attached hydrogens (tertiary/aromatic N) is 2. The Morgan fingerprint density at radius 2 is 2.50 bits per heavy atom. The largest absolute Gasteiger partial charge is 0.330 e. The van der Waals surface area contributed by atoms with E-state index in [1.165, 1.54) is 6.20 Å². The molecule has 2 heterocycles. The molecule has 0 bridgehead atoms. The minimum Gasteiger partial charge on any atom is -0.330 e. The summed E-state index contributed by atoms with van der Waals surface area (Å²) in [6.45, 7) is 0. The van der Waals surface area contributed by atoms with Crippen LogP contribution in [0.4, 0.5) is 0 Å². The SMILES string of the molecule is N#Cc1cnc(-c2ccsc2)[nH]1. The minimum absolute atomic E-state index is 0.496. The fraction of sp³-hybridized carbons (Fsp3) is 0. The number of nitriles is 1.